The Morgan fingerprint density at radius 1 is 0.900 bits per heavy atom. The normalized spacial score (nSPS) is 12.5. The molecule has 1 aromatic heterocycles. The highest BCUT2D eigenvalue weighted by Crippen LogP contribution is 2.25. The Bertz CT molecular complexity index is 1860. The molecule has 1 N–H and O–H groups in total. The number of sulfonamides is 2. The Morgan fingerprint density at radius 2 is 1.55 bits per heavy atom. The van der Waals surface area contributed by atoms with Gasteiger partial charge in [-0.1, -0.05) is 62.5 Å². The van der Waals surface area contributed by atoms with Crippen LogP contribution >= 0.6 is 15.9 Å². The lowest BCUT2D eigenvalue weighted by Gasteiger charge is -2.14. The summed E-state index contributed by atoms with van der Waals surface area (Å²) in [5.74, 6) is -0.0700. The Morgan fingerprint density at radius 3 is 2.17 bits per heavy atom. The second kappa shape index (κ2) is 11.3. The van der Waals surface area contributed by atoms with E-state index in [9.17, 15) is 39.6 Å². The van der Waals surface area contributed by atoms with E-state index in [0.29, 0.717) is 32.4 Å². The molecule has 0 amide bonds. The van der Waals surface area contributed by atoms with E-state index >= 15 is 0 Å². The lowest BCUT2D eigenvalue weighted by Crippen LogP contribution is -2.40. The van der Waals surface area contributed by atoms with E-state index in [1.165, 1.54) is 16.7 Å². The van der Waals surface area contributed by atoms with Crippen LogP contribution in [0.15, 0.2) is 93.2 Å². The maximum atomic E-state index is 13.2. The van der Waals surface area contributed by atoms with Gasteiger partial charge < -0.3 is 4.57 Å². The highest BCUT2D eigenvalue weighted by atomic mass is 79.9. The van der Waals surface area contributed by atoms with Gasteiger partial charge in [0.1, 0.15) is 0 Å². The minimum Gasteiger partial charge on any atom is -0.310 e. The molecular formula is C26H20BrF3N2O6S2. The number of rotatable bonds is 9. The molecular weight excluding hydrogens is 637 g/mol. The SMILES string of the molecule is O=C(CCc1cn(Cc2ccc(S(=O)(=O)NS(=O)(=O)C(F)(F)F)cc2)c(=O)c2ccc(Br)cc12)c1ccccc1. The molecule has 0 aliphatic carbocycles. The lowest BCUT2D eigenvalue weighted by molar-refractivity contribution is -0.0441. The Labute approximate surface area is 235 Å². The van der Waals surface area contributed by atoms with Crippen LogP contribution in [0.25, 0.3) is 10.8 Å². The molecule has 4 aromatic rings. The van der Waals surface area contributed by atoms with Gasteiger partial charge in [0.05, 0.1) is 11.4 Å². The van der Waals surface area contributed by atoms with Crippen molar-refractivity contribution in [3.63, 3.8) is 0 Å². The third-order valence-corrected chi connectivity index (χ3v) is 9.71. The van der Waals surface area contributed by atoms with Crippen LogP contribution in [0.4, 0.5) is 13.2 Å². The van der Waals surface area contributed by atoms with E-state index < -0.39 is 30.5 Å². The van der Waals surface area contributed by atoms with E-state index in [-0.39, 0.29) is 24.3 Å². The van der Waals surface area contributed by atoms with Gasteiger partial charge in [0.2, 0.25) is 0 Å². The Kier molecular flexibility index (Phi) is 8.36. The predicted octanol–water partition coefficient (Wildman–Crippen LogP) is 4.76. The molecule has 1 heterocycles. The molecule has 3 aromatic carbocycles. The van der Waals surface area contributed by atoms with E-state index in [1.807, 2.05) is 0 Å². The summed E-state index contributed by atoms with van der Waals surface area (Å²) >= 11 is 3.40. The van der Waals surface area contributed by atoms with Gasteiger partial charge in [-0.2, -0.15) is 13.2 Å². The molecule has 0 radical (unpaired) electrons. The number of Topliss-reactive ketones (excluding diaryl/α,β-unsaturated/α-hetero) is 1. The van der Waals surface area contributed by atoms with Crippen molar-refractivity contribution in [1.82, 2.24) is 8.69 Å². The van der Waals surface area contributed by atoms with Gasteiger partial charge >= 0.3 is 15.5 Å². The van der Waals surface area contributed by atoms with Crippen molar-refractivity contribution in [1.29, 1.82) is 0 Å². The van der Waals surface area contributed by atoms with Crippen molar-refractivity contribution < 1.29 is 34.8 Å². The van der Waals surface area contributed by atoms with Crippen LogP contribution in [0.5, 0.6) is 0 Å². The van der Waals surface area contributed by atoms with Gasteiger partial charge in [0.15, 0.2) is 5.78 Å². The summed E-state index contributed by atoms with van der Waals surface area (Å²) in [6, 6.07) is 18.3. The molecule has 4 rings (SSSR count). The Hall–Kier alpha value is -3.33. The van der Waals surface area contributed by atoms with Gasteiger partial charge in [0.25, 0.3) is 15.6 Å². The maximum Gasteiger partial charge on any atom is 0.512 e. The fourth-order valence-electron chi connectivity index (χ4n) is 3.98. The van der Waals surface area contributed by atoms with E-state index in [2.05, 4.69) is 15.9 Å². The average Bonchev–Trinajstić information content (AvgIpc) is 2.89. The fraction of sp³-hybridized carbons (Fsp3) is 0.154. The van der Waals surface area contributed by atoms with Gasteiger partial charge in [-0.3, -0.25) is 9.59 Å². The molecule has 0 fully saturated rings. The van der Waals surface area contributed by atoms with Crippen LogP contribution in [0, 0.1) is 0 Å². The molecule has 210 valence electrons. The van der Waals surface area contributed by atoms with Gasteiger partial charge in [-0.25, -0.2) is 16.8 Å². The van der Waals surface area contributed by atoms with Gasteiger partial charge in [-0.05, 0) is 53.3 Å². The molecule has 0 spiro atoms. The molecule has 40 heavy (non-hydrogen) atoms. The topological polar surface area (TPSA) is 119 Å². The number of hydrogen-bond acceptors (Lipinski definition) is 6. The van der Waals surface area contributed by atoms with Crippen LogP contribution in [0.1, 0.15) is 27.9 Å². The molecule has 8 nitrogen and oxygen atoms in total. The summed E-state index contributed by atoms with van der Waals surface area (Å²) in [4.78, 5) is 25.2. The third-order valence-electron chi connectivity index (χ3n) is 5.96. The smallest absolute Gasteiger partial charge is 0.310 e. The minimum absolute atomic E-state index is 0.0287. The van der Waals surface area contributed by atoms with Crippen molar-refractivity contribution in [3.8, 4) is 0 Å². The predicted molar refractivity (Wildman–Crippen MR) is 146 cm³/mol. The summed E-state index contributed by atoms with van der Waals surface area (Å²) in [6.45, 7) is -0.0287. The zero-order chi connectivity index (χ0) is 29.3. The summed E-state index contributed by atoms with van der Waals surface area (Å²) in [6.07, 6.45) is 2.12. The molecule has 14 heteroatoms. The number of ketones is 1. The van der Waals surface area contributed by atoms with Crippen LogP contribution in [0.3, 0.4) is 0 Å². The number of carbonyl (C=O) groups is 1. The van der Waals surface area contributed by atoms with Crippen LogP contribution in [-0.4, -0.2) is 32.7 Å². The number of halogens is 4. The molecule has 0 atom stereocenters. The van der Waals surface area contributed by atoms with Crippen LogP contribution in [-0.2, 0) is 33.0 Å². The number of pyridine rings is 1. The largest absolute Gasteiger partial charge is 0.512 e. The summed E-state index contributed by atoms with van der Waals surface area (Å²) < 4.78 is 87.5. The molecule has 0 bridgehead atoms. The highest BCUT2D eigenvalue weighted by Gasteiger charge is 2.48. The van der Waals surface area contributed by atoms with E-state index in [4.69, 9.17) is 0 Å². The number of benzene rings is 3. The first-order chi connectivity index (χ1) is 18.7. The van der Waals surface area contributed by atoms with Crippen LogP contribution in [0.2, 0.25) is 0 Å². The number of hydrogen-bond donors (Lipinski definition) is 1. The fourth-order valence-corrected chi connectivity index (χ4v) is 6.76. The number of carbonyl (C=O) groups excluding carboxylic acids is 1. The molecule has 0 saturated heterocycles. The molecule has 0 aliphatic rings. The molecule has 0 unspecified atom stereocenters. The number of alkyl halides is 3. The first kappa shape index (κ1) is 29.6. The maximum absolute atomic E-state index is 13.2. The van der Waals surface area contributed by atoms with E-state index in [0.717, 1.165) is 22.2 Å². The number of fused-ring (bicyclic) bond motifs is 1. The van der Waals surface area contributed by atoms with E-state index in [1.54, 1.807) is 54.7 Å². The summed E-state index contributed by atoms with van der Waals surface area (Å²) in [5.41, 5.74) is -4.46. The average molecular weight is 657 g/mol. The standard InChI is InChI=1S/C26H20BrF3N2O6S2/c27-20-9-12-22-23(14-20)19(8-13-24(33)18-4-2-1-3-5-18)16-32(25(22)34)15-17-6-10-21(11-7-17)39(35,36)31-40(37,38)26(28,29)30/h1-7,9-12,14,16,31H,8,13,15H2. The quantitative estimate of drug-likeness (QED) is 0.260. The molecule has 0 aliphatic heterocycles. The minimum atomic E-state index is -6.14. The second-order valence-corrected chi connectivity index (χ2v) is 13.3. The summed E-state index contributed by atoms with van der Waals surface area (Å²) in [5, 5.41) is 1.06. The van der Waals surface area contributed by atoms with Gasteiger partial charge in [-0.15, -0.1) is 0 Å². The number of aromatic nitrogens is 1. The molecule has 0 saturated carbocycles. The zero-order valence-electron chi connectivity index (χ0n) is 20.4. The van der Waals surface area contributed by atoms with Crippen molar-refractivity contribution in [2.75, 3.05) is 0 Å². The first-order valence-electron chi connectivity index (χ1n) is 11.5. The second-order valence-electron chi connectivity index (χ2n) is 8.75. The zero-order valence-corrected chi connectivity index (χ0v) is 23.6. The number of nitrogens with zero attached hydrogens (tertiary/aromatic N) is 1. The highest BCUT2D eigenvalue weighted by molar-refractivity contribution is 9.10. The monoisotopic (exact) mass is 656 g/mol. The Balaban J connectivity index is 1.63. The van der Waals surface area contributed by atoms with Crippen molar-refractivity contribution in [3.05, 3.63) is 111 Å². The third kappa shape index (κ3) is 6.52. The lowest BCUT2D eigenvalue weighted by atomic mass is 9.99. The summed E-state index contributed by atoms with van der Waals surface area (Å²) in [7, 11) is -11.2. The first-order valence-corrected chi connectivity index (χ1v) is 15.3. The van der Waals surface area contributed by atoms with Crippen molar-refractivity contribution >= 4 is 52.5 Å². The number of nitrogens with one attached hydrogen (secondary N) is 1. The van der Waals surface area contributed by atoms with Crippen molar-refractivity contribution in [2.24, 2.45) is 0 Å². The number of aryl methyl sites for hydroxylation is 1. The van der Waals surface area contributed by atoms with Crippen molar-refractivity contribution in [2.45, 2.75) is 29.8 Å². The van der Waals surface area contributed by atoms with Crippen LogP contribution < -0.4 is 9.69 Å². The van der Waals surface area contributed by atoms with Gasteiger partial charge in [0, 0.05) is 28.0 Å².